The maximum Gasteiger partial charge on any atom is 0.233 e. The third-order valence-corrected chi connectivity index (χ3v) is 1.93. The van der Waals surface area contributed by atoms with E-state index in [9.17, 15) is 0 Å². The zero-order valence-corrected chi connectivity index (χ0v) is 7.23. The Morgan fingerprint density at radius 1 is 1.50 bits per heavy atom. The highest BCUT2D eigenvalue weighted by Gasteiger charge is 2.05. The lowest BCUT2D eigenvalue weighted by Gasteiger charge is -1.96. The van der Waals surface area contributed by atoms with Gasteiger partial charge >= 0.3 is 0 Å². The number of aliphatic imine (C=N–C) groups is 1. The minimum absolute atomic E-state index is 0.395. The van der Waals surface area contributed by atoms with Crippen molar-refractivity contribution in [3.63, 3.8) is 0 Å². The second-order valence-electron chi connectivity index (χ2n) is 3.05. The van der Waals surface area contributed by atoms with Gasteiger partial charge in [0.15, 0.2) is 0 Å². The molecule has 0 saturated carbocycles. The van der Waals surface area contributed by atoms with E-state index in [-0.39, 0.29) is 0 Å². The highest BCUT2D eigenvalue weighted by molar-refractivity contribution is 5.69. The van der Waals surface area contributed by atoms with Gasteiger partial charge in [-0.2, -0.15) is 0 Å². The van der Waals surface area contributed by atoms with E-state index in [2.05, 4.69) is 23.0 Å². The molecule has 0 fully saturated rings. The van der Waals surface area contributed by atoms with Gasteiger partial charge in [0.1, 0.15) is 0 Å². The molecule has 0 saturated heterocycles. The number of rotatable bonds is 0. The molecule has 0 spiro atoms. The lowest BCUT2D eigenvalue weighted by molar-refractivity contribution is 1.03. The van der Waals surface area contributed by atoms with Crippen molar-refractivity contribution < 1.29 is 0 Å². The molecule has 0 amide bonds. The Morgan fingerprint density at radius 3 is 3.17 bits per heavy atom. The summed E-state index contributed by atoms with van der Waals surface area (Å²) in [5.74, 6) is 1.17. The van der Waals surface area contributed by atoms with Gasteiger partial charge in [-0.25, -0.2) is 9.98 Å². The zero-order valence-electron chi connectivity index (χ0n) is 7.23. The van der Waals surface area contributed by atoms with Gasteiger partial charge in [0, 0.05) is 24.0 Å². The molecule has 3 heteroatoms. The normalized spacial score (nSPS) is 20.7. The summed E-state index contributed by atoms with van der Waals surface area (Å²) in [5, 5.41) is 0. The zero-order chi connectivity index (χ0) is 8.55. The first kappa shape index (κ1) is 7.28. The number of aromatic nitrogens is 2. The van der Waals surface area contributed by atoms with E-state index in [1.807, 2.05) is 30.1 Å². The number of nitrogens with zero attached hydrogens (tertiary/aromatic N) is 3. The summed E-state index contributed by atoms with van der Waals surface area (Å²) >= 11 is 0. The van der Waals surface area contributed by atoms with Crippen molar-refractivity contribution in [3.8, 4) is 0 Å². The summed E-state index contributed by atoms with van der Waals surface area (Å²) in [7, 11) is 0. The van der Waals surface area contributed by atoms with Crippen LogP contribution in [0.1, 0.15) is 12.6 Å². The summed E-state index contributed by atoms with van der Waals surface area (Å²) in [6.45, 7) is 4.12. The van der Waals surface area contributed by atoms with Crippen LogP contribution in [0.3, 0.4) is 0 Å². The lowest BCUT2D eigenvalue weighted by atomic mass is 10.2. The summed E-state index contributed by atoms with van der Waals surface area (Å²) < 4.78 is 1.99. The highest BCUT2D eigenvalue weighted by atomic mass is 15.2. The van der Waals surface area contributed by atoms with Crippen LogP contribution in [0.4, 0.5) is 5.95 Å². The number of imidazole rings is 1. The van der Waals surface area contributed by atoms with Crippen LogP contribution < -0.4 is 0 Å². The molecule has 2 rings (SSSR count). The van der Waals surface area contributed by atoms with Crippen LogP contribution in [0.15, 0.2) is 17.3 Å². The van der Waals surface area contributed by atoms with Crippen LogP contribution in [-0.4, -0.2) is 15.8 Å². The lowest BCUT2D eigenvalue weighted by Crippen LogP contribution is -1.88. The number of hydrogen-bond donors (Lipinski definition) is 0. The van der Waals surface area contributed by atoms with E-state index in [1.165, 1.54) is 0 Å². The molecule has 1 unspecified atom stereocenters. The first-order valence-electron chi connectivity index (χ1n) is 4.04. The minimum Gasteiger partial charge on any atom is -0.289 e. The molecule has 3 nitrogen and oxygen atoms in total. The van der Waals surface area contributed by atoms with Crippen molar-refractivity contribution in [1.82, 2.24) is 9.55 Å². The molecule has 12 heavy (non-hydrogen) atoms. The molecular formula is C9H11N3. The van der Waals surface area contributed by atoms with Gasteiger partial charge in [0.25, 0.3) is 0 Å². The molecule has 0 radical (unpaired) electrons. The van der Waals surface area contributed by atoms with Crippen LogP contribution >= 0.6 is 0 Å². The van der Waals surface area contributed by atoms with Crippen molar-refractivity contribution in [1.29, 1.82) is 0 Å². The Bertz CT molecular complexity index is 347. The Kier molecular flexibility index (Phi) is 1.57. The van der Waals surface area contributed by atoms with Gasteiger partial charge in [0.05, 0.1) is 6.20 Å². The quantitative estimate of drug-likeness (QED) is 0.572. The summed E-state index contributed by atoms with van der Waals surface area (Å²) in [6, 6.07) is 0. The van der Waals surface area contributed by atoms with Crippen molar-refractivity contribution >= 4 is 18.4 Å². The minimum atomic E-state index is 0.395. The third kappa shape index (κ3) is 1.07. The fraction of sp³-hybridized carbons (Fsp3) is 0.333. The maximum absolute atomic E-state index is 4.25. The highest BCUT2D eigenvalue weighted by Crippen LogP contribution is 2.16. The molecule has 1 aromatic rings. The first-order valence-corrected chi connectivity index (χ1v) is 4.04. The third-order valence-electron chi connectivity index (χ3n) is 1.93. The molecule has 0 aromatic carbocycles. The van der Waals surface area contributed by atoms with E-state index >= 15 is 0 Å². The Balaban J connectivity index is 2.54. The van der Waals surface area contributed by atoms with E-state index in [0.717, 1.165) is 11.6 Å². The van der Waals surface area contributed by atoms with Crippen LogP contribution in [0.5, 0.6) is 0 Å². The fourth-order valence-electron chi connectivity index (χ4n) is 1.17. The smallest absolute Gasteiger partial charge is 0.233 e. The standard InChI is InChI=1S/C9H11N3/c1-7-3-4-12-8(2)6-11-9(12)10-5-7/h3-7H,1-2H3. The molecule has 1 atom stereocenters. The van der Waals surface area contributed by atoms with E-state index in [0.29, 0.717) is 5.92 Å². The van der Waals surface area contributed by atoms with Gasteiger partial charge in [-0.3, -0.25) is 4.57 Å². The topological polar surface area (TPSA) is 30.2 Å². The largest absolute Gasteiger partial charge is 0.289 e. The van der Waals surface area contributed by atoms with Gasteiger partial charge in [-0.05, 0) is 6.92 Å². The average Bonchev–Trinajstić information content (AvgIpc) is 2.28. The summed E-state index contributed by atoms with van der Waals surface area (Å²) in [6.07, 6.45) is 7.86. The van der Waals surface area contributed by atoms with Crippen LogP contribution in [0.25, 0.3) is 6.20 Å². The maximum atomic E-state index is 4.25. The van der Waals surface area contributed by atoms with Crippen LogP contribution in [-0.2, 0) is 0 Å². The number of hydrogen-bond acceptors (Lipinski definition) is 2. The molecule has 1 aliphatic rings. The SMILES string of the molecule is Cc1cnc2n1C=CC(C)C=N2. The molecule has 0 bridgehead atoms. The molecule has 0 N–H and O–H groups in total. The van der Waals surface area contributed by atoms with Gasteiger partial charge in [-0.15, -0.1) is 0 Å². The molecule has 62 valence electrons. The van der Waals surface area contributed by atoms with Crippen molar-refractivity contribution in [3.05, 3.63) is 18.0 Å². The predicted octanol–water partition coefficient (Wildman–Crippen LogP) is 2.01. The molecule has 2 heterocycles. The second kappa shape index (κ2) is 2.59. The first-order chi connectivity index (χ1) is 5.77. The molecular weight excluding hydrogens is 150 g/mol. The van der Waals surface area contributed by atoms with Crippen LogP contribution in [0, 0.1) is 12.8 Å². The van der Waals surface area contributed by atoms with E-state index < -0.39 is 0 Å². The number of allylic oxidation sites excluding steroid dienone is 1. The summed E-state index contributed by atoms with van der Waals surface area (Å²) in [5.41, 5.74) is 1.12. The predicted molar refractivity (Wildman–Crippen MR) is 49.6 cm³/mol. The fourth-order valence-corrected chi connectivity index (χ4v) is 1.17. The van der Waals surface area contributed by atoms with Gasteiger partial charge < -0.3 is 0 Å². The number of fused-ring (bicyclic) bond motifs is 1. The molecule has 0 aliphatic carbocycles. The Morgan fingerprint density at radius 2 is 2.33 bits per heavy atom. The van der Waals surface area contributed by atoms with Gasteiger partial charge in [-0.1, -0.05) is 13.0 Å². The van der Waals surface area contributed by atoms with Crippen molar-refractivity contribution in [2.75, 3.05) is 0 Å². The monoisotopic (exact) mass is 161 g/mol. The van der Waals surface area contributed by atoms with Crippen molar-refractivity contribution in [2.24, 2.45) is 10.9 Å². The second-order valence-corrected chi connectivity index (χ2v) is 3.05. The Labute approximate surface area is 71.5 Å². The van der Waals surface area contributed by atoms with Gasteiger partial charge in [0.2, 0.25) is 5.95 Å². The van der Waals surface area contributed by atoms with E-state index in [1.54, 1.807) is 0 Å². The number of aryl methyl sites for hydroxylation is 1. The molecule has 1 aliphatic heterocycles. The summed E-state index contributed by atoms with van der Waals surface area (Å²) in [4.78, 5) is 8.42. The Hall–Kier alpha value is -1.38. The van der Waals surface area contributed by atoms with E-state index in [4.69, 9.17) is 0 Å². The van der Waals surface area contributed by atoms with Crippen molar-refractivity contribution in [2.45, 2.75) is 13.8 Å². The average molecular weight is 161 g/mol. The molecule has 1 aromatic heterocycles. The van der Waals surface area contributed by atoms with Crippen LogP contribution in [0.2, 0.25) is 0 Å².